The smallest absolute Gasteiger partial charge is 0.263 e. The quantitative estimate of drug-likeness (QED) is 0.521. The maximum Gasteiger partial charge on any atom is 0.263 e. The Kier molecular flexibility index (Phi) is 6.73. The van der Waals surface area contributed by atoms with E-state index in [0.717, 1.165) is 24.2 Å². The monoisotopic (exact) mass is 435 g/mol. The topological polar surface area (TPSA) is 77.7 Å². The molecule has 1 atom stereocenters. The van der Waals surface area contributed by atoms with Gasteiger partial charge in [0.05, 0.1) is 13.7 Å². The minimum Gasteiger partial charge on any atom is -0.497 e. The Balaban J connectivity index is 1.40. The zero-order valence-corrected chi connectivity index (χ0v) is 18.8. The van der Waals surface area contributed by atoms with E-state index >= 15 is 0 Å². The summed E-state index contributed by atoms with van der Waals surface area (Å²) in [6.07, 6.45) is 4.64. The van der Waals surface area contributed by atoms with Crippen LogP contribution >= 0.6 is 0 Å². The first-order valence-corrected chi connectivity index (χ1v) is 11.1. The molecule has 0 N–H and O–H groups in total. The number of methoxy groups -OCH3 is 1. The van der Waals surface area contributed by atoms with Crippen LogP contribution in [0.15, 0.2) is 47.0 Å². The van der Waals surface area contributed by atoms with E-state index in [4.69, 9.17) is 14.0 Å². The zero-order chi connectivity index (χ0) is 22.5. The van der Waals surface area contributed by atoms with E-state index in [1.807, 2.05) is 37.3 Å². The molecule has 1 aliphatic carbocycles. The van der Waals surface area contributed by atoms with Crippen molar-refractivity contribution in [3.8, 4) is 22.9 Å². The van der Waals surface area contributed by atoms with Gasteiger partial charge in [-0.25, -0.2) is 0 Å². The van der Waals surface area contributed by atoms with Crippen molar-refractivity contribution in [3.63, 3.8) is 0 Å². The van der Waals surface area contributed by atoms with Crippen LogP contribution in [0.1, 0.15) is 43.2 Å². The van der Waals surface area contributed by atoms with E-state index in [1.165, 1.54) is 24.0 Å². The number of hydrogen-bond donors (Lipinski definition) is 0. The van der Waals surface area contributed by atoms with Gasteiger partial charge in [0, 0.05) is 12.6 Å². The Bertz CT molecular complexity index is 1080. The molecule has 7 heteroatoms. The summed E-state index contributed by atoms with van der Waals surface area (Å²) in [5.41, 5.74) is 3.51. The van der Waals surface area contributed by atoms with E-state index < -0.39 is 6.10 Å². The molecule has 0 saturated carbocycles. The van der Waals surface area contributed by atoms with Crippen LogP contribution in [-0.4, -0.2) is 41.2 Å². The van der Waals surface area contributed by atoms with Crippen LogP contribution in [0.25, 0.3) is 11.4 Å². The summed E-state index contributed by atoms with van der Waals surface area (Å²) in [5, 5.41) is 4.04. The molecule has 1 heterocycles. The molecule has 0 aliphatic heterocycles. The van der Waals surface area contributed by atoms with Crippen molar-refractivity contribution in [2.45, 2.75) is 51.7 Å². The molecule has 0 radical (unpaired) electrons. The molecule has 0 spiro atoms. The van der Waals surface area contributed by atoms with Crippen molar-refractivity contribution in [1.82, 2.24) is 15.0 Å². The van der Waals surface area contributed by atoms with E-state index in [-0.39, 0.29) is 12.5 Å². The second-order valence-electron chi connectivity index (χ2n) is 8.09. The van der Waals surface area contributed by atoms with Crippen LogP contribution < -0.4 is 9.47 Å². The zero-order valence-electron chi connectivity index (χ0n) is 18.8. The number of hydrogen-bond acceptors (Lipinski definition) is 6. The third-order valence-corrected chi connectivity index (χ3v) is 5.79. The number of carbonyl (C=O) groups excluding carboxylic acids is 1. The number of amides is 1. The first kappa shape index (κ1) is 21.9. The molecule has 1 amide bonds. The lowest BCUT2D eigenvalue weighted by molar-refractivity contribution is -0.138. The number of fused-ring (bicyclic) bond motifs is 1. The molecule has 3 aromatic rings. The number of carbonyl (C=O) groups is 1. The summed E-state index contributed by atoms with van der Waals surface area (Å²) in [4.78, 5) is 19.0. The lowest BCUT2D eigenvalue weighted by Gasteiger charge is -2.24. The summed E-state index contributed by atoms with van der Waals surface area (Å²) in [7, 11) is 3.33. The number of rotatable bonds is 8. The van der Waals surface area contributed by atoms with Crippen molar-refractivity contribution in [1.29, 1.82) is 0 Å². The molecule has 1 aromatic heterocycles. The Labute approximate surface area is 188 Å². The molecular weight excluding hydrogens is 406 g/mol. The Hall–Kier alpha value is -3.35. The van der Waals surface area contributed by atoms with Gasteiger partial charge in [-0.3, -0.25) is 4.79 Å². The molecule has 168 valence electrons. The van der Waals surface area contributed by atoms with Crippen molar-refractivity contribution < 1.29 is 18.8 Å². The summed E-state index contributed by atoms with van der Waals surface area (Å²) in [6, 6.07) is 13.6. The van der Waals surface area contributed by atoms with Gasteiger partial charge in [0.1, 0.15) is 11.5 Å². The minimum absolute atomic E-state index is 0.119. The largest absolute Gasteiger partial charge is 0.497 e. The van der Waals surface area contributed by atoms with Gasteiger partial charge in [-0.1, -0.05) is 30.3 Å². The van der Waals surface area contributed by atoms with Gasteiger partial charge in [-0.2, -0.15) is 4.98 Å². The second kappa shape index (κ2) is 9.85. The van der Waals surface area contributed by atoms with E-state index in [2.05, 4.69) is 22.3 Å². The number of aryl methyl sites for hydroxylation is 2. The fraction of sp³-hybridized carbons (Fsp3) is 0.400. The minimum atomic E-state index is -0.567. The molecule has 0 unspecified atom stereocenters. The predicted octanol–water partition coefficient (Wildman–Crippen LogP) is 4.44. The number of nitrogens with zero attached hydrogens (tertiary/aromatic N) is 3. The van der Waals surface area contributed by atoms with E-state index in [0.29, 0.717) is 23.9 Å². The molecular formula is C25H29N3O4. The van der Waals surface area contributed by atoms with Gasteiger partial charge in [-0.15, -0.1) is 0 Å². The average Bonchev–Trinajstić information content (AvgIpc) is 3.30. The summed E-state index contributed by atoms with van der Waals surface area (Å²) >= 11 is 0. The Morgan fingerprint density at radius 1 is 1.12 bits per heavy atom. The lowest BCUT2D eigenvalue weighted by atomic mass is 9.92. The Morgan fingerprint density at radius 3 is 2.72 bits per heavy atom. The van der Waals surface area contributed by atoms with Gasteiger partial charge in [0.2, 0.25) is 11.7 Å². The van der Waals surface area contributed by atoms with Gasteiger partial charge in [0.15, 0.2) is 6.10 Å². The highest BCUT2D eigenvalue weighted by Crippen LogP contribution is 2.26. The van der Waals surface area contributed by atoms with E-state index in [9.17, 15) is 4.79 Å². The molecule has 0 saturated heterocycles. The highest BCUT2D eigenvalue weighted by molar-refractivity contribution is 5.81. The maximum atomic E-state index is 13.0. The molecule has 1 aliphatic rings. The van der Waals surface area contributed by atoms with Crippen molar-refractivity contribution in [2.75, 3.05) is 14.2 Å². The summed E-state index contributed by atoms with van der Waals surface area (Å²) in [6.45, 7) is 2.16. The van der Waals surface area contributed by atoms with Crippen molar-refractivity contribution in [3.05, 3.63) is 59.5 Å². The predicted molar refractivity (Wildman–Crippen MR) is 121 cm³/mol. The second-order valence-corrected chi connectivity index (χ2v) is 8.09. The number of likely N-dealkylation sites (N-methyl/N-ethyl adjacent to an activating group) is 1. The number of aromatic nitrogens is 2. The fourth-order valence-electron chi connectivity index (χ4n) is 3.98. The van der Waals surface area contributed by atoms with Crippen LogP contribution in [0.2, 0.25) is 0 Å². The van der Waals surface area contributed by atoms with Gasteiger partial charge >= 0.3 is 0 Å². The first-order valence-electron chi connectivity index (χ1n) is 11.1. The van der Waals surface area contributed by atoms with Crippen LogP contribution in [0.3, 0.4) is 0 Å². The molecule has 7 nitrogen and oxygen atoms in total. The van der Waals surface area contributed by atoms with E-state index in [1.54, 1.807) is 19.1 Å². The van der Waals surface area contributed by atoms with Crippen molar-refractivity contribution in [2.24, 2.45) is 0 Å². The number of ether oxygens (including phenoxy) is 2. The maximum absolute atomic E-state index is 13.0. The van der Waals surface area contributed by atoms with Crippen LogP contribution in [-0.2, 0) is 24.2 Å². The van der Waals surface area contributed by atoms with Gasteiger partial charge < -0.3 is 18.9 Å². The highest BCUT2D eigenvalue weighted by atomic mass is 16.5. The third-order valence-electron chi connectivity index (χ3n) is 5.79. The van der Waals surface area contributed by atoms with Crippen LogP contribution in [0.4, 0.5) is 0 Å². The van der Waals surface area contributed by atoms with Crippen molar-refractivity contribution >= 4 is 5.91 Å². The highest BCUT2D eigenvalue weighted by Gasteiger charge is 2.24. The average molecular weight is 436 g/mol. The standard InChI is InChI=1S/C25H29N3O4/c1-4-22(31-21-13-12-17-8-5-6-9-18(17)14-21)25(29)28(2)16-23-26-24(27-32-23)19-10-7-11-20(15-19)30-3/h7,10-15,22H,4-6,8-9,16H2,1-3H3/t22-/m1/s1. The van der Waals surface area contributed by atoms with Gasteiger partial charge in [-0.05, 0) is 67.5 Å². The fourth-order valence-corrected chi connectivity index (χ4v) is 3.98. The summed E-state index contributed by atoms with van der Waals surface area (Å²) in [5.74, 6) is 2.16. The van der Waals surface area contributed by atoms with Gasteiger partial charge in [0.25, 0.3) is 5.91 Å². The molecule has 4 rings (SSSR count). The normalized spacial score (nSPS) is 13.8. The summed E-state index contributed by atoms with van der Waals surface area (Å²) < 4.78 is 16.7. The molecule has 0 fully saturated rings. The number of benzene rings is 2. The molecule has 32 heavy (non-hydrogen) atoms. The molecule has 0 bridgehead atoms. The molecule has 2 aromatic carbocycles. The third kappa shape index (κ3) is 4.93. The Morgan fingerprint density at radius 2 is 1.94 bits per heavy atom. The van der Waals surface area contributed by atoms with Crippen LogP contribution in [0, 0.1) is 0 Å². The van der Waals surface area contributed by atoms with Crippen LogP contribution in [0.5, 0.6) is 11.5 Å². The lowest BCUT2D eigenvalue weighted by Crippen LogP contribution is -2.39. The SMILES string of the molecule is CC[C@@H](Oc1ccc2c(c1)CCCC2)C(=O)N(C)Cc1nc(-c2cccc(OC)c2)no1. The first-order chi connectivity index (χ1) is 15.6.